The SMILES string of the molecule is COc1ccc(-n2cc(C(=O)c3cc(OC)c(OC)c(OC)c3)nn2)c(OC)c1. The van der Waals surface area contributed by atoms with Gasteiger partial charge < -0.3 is 23.7 Å². The van der Waals surface area contributed by atoms with Crippen LogP contribution in [0.4, 0.5) is 0 Å². The number of carbonyl (C=O) groups is 1. The largest absolute Gasteiger partial charge is 0.497 e. The molecule has 0 fully saturated rings. The Morgan fingerprint density at radius 2 is 1.48 bits per heavy atom. The first kappa shape index (κ1) is 20.0. The first-order valence-electron chi connectivity index (χ1n) is 8.55. The highest BCUT2D eigenvalue weighted by Crippen LogP contribution is 2.38. The second-order valence-corrected chi connectivity index (χ2v) is 5.83. The van der Waals surface area contributed by atoms with Gasteiger partial charge in [0, 0.05) is 11.6 Å². The summed E-state index contributed by atoms with van der Waals surface area (Å²) in [5.74, 6) is 1.97. The van der Waals surface area contributed by atoms with E-state index in [9.17, 15) is 4.79 Å². The second-order valence-electron chi connectivity index (χ2n) is 5.83. The van der Waals surface area contributed by atoms with Crippen LogP contribution in [0, 0.1) is 0 Å². The van der Waals surface area contributed by atoms with Crippen LogP contribution in [0.2, 0.25) is 0 Å². The minimum Gasteiger partial charge on any atom is -0.497 e. The Hall–Kier alpha value is -3.75. The molecule has 0 aliphatic heterocycles. The molecule has 0 spiro atoms. The van der Waals surface area contributed by atoms with Gasteiger partial charge in [-0.05, 0) is 24.3 Å². The number of benzene rings is 2. The molecule has 0 bridgehead atoms. The third kappa shape index (κ3) is 3.79. The Bertz CT molecular complexity index is 1010. The Labute approximate surface area is 167 Å². The molecule has 0 unspecified atom stereocenters. The van der Waals surface area contributed by atoms with Crippen LogP contribution in [-0.2, 0) is 0 Å². The van der Waals surface area contributed by atoms with Gasteiger partial charge in [-0.15, -0.1) is 5.10 Å². The molecule has 0 radical (unpaired) electrons. The molecule has 1 heterocycles. The number of carbonyl (C=O) groups excluding carboxylic acids is 1. The molecule has 152 valence electrons. The van der Waals surface area contributed by atoms with Gasteiger partial charge in [0.05, 0.1) is 41.7 Å². The molecule has 0 saturated carbocycles. The van der Waals surface area contributed by atoms with E-state index in [-0.39, 0.29) is 11.5 Å². The van der Waals surface area contributed by atoms with Crippen LogP contribution < -0.4 is 23.7 Å². The van der Waals surface area contributed by atoms with Crippen molar-refractivity contribution in [2.45, 2.75) is 0 Å². The molecule has 0 atom stereocenters. The summed E-state index contributed by atoms with van der Waals surface area (Å²) in [5.41, 5.74) is 1.09. The summed E-state index contributed by atoms with van der Waals surface area (Å²) in [6.07, 6.45) is 1.52. The predicted molar refractivity (Wildman–Crippen MR) is 104 cm³/mol. The smallest absolute Gasteiger partial charge is 0.215 e. The highest BCUT2D eigenvalue weighted by atomic mass is 16.5. The van der Waals surface area contributed by atoms with Crippen molar-refractivity contribution >= 4 is 5.78 Å². The van der Waals surface area contributed by atoms with Crippen LogP contribution in [-0.4, -0.2) is 56.3 Å². The normalized spacial score (nSPS) is 10.4. The fourth-order valence-corrected chi connectivity index (χ4v) is 2.82. The quantitative estimate of drug-likeness (QED) is 0.534. The summed E-state index contributed by atoms with van der Waals surface area (Å²) in [6.45, 7) is 0. The zero-order valence-corrected chi connectivity index (χ0v) is 16.8. The number of ether oxygens (including phenoxy) is 5. The molecule has 9 heteroatoms. The highest BCUT2D eigenvalue weighted by molar-refractivity contribution is 6.08. The van der Waals surface area contributed by atoms with Crippen molar-refractivity contribution in [1.82, 2.24) is 15.0 Å². The van der Waals surface area contributed by atoms with Gasteiger partial charge in [0.1, 0.15) is 17.2 Å². The zero-order chi connectivity index (χ0) is 21.0. The lowest BCUT2D eigenvalue weighted by atomic mass is 10.1. The van der Waals surface area contributed by atoms with E-state index >= 15 is 0 Å². The third-order valence-corrected chi connectivity index (χ3v) is 4.29. The molecule has 29 heavy (non-hydrogen) atoms. The van der Waals surface area contributed by atoms with Crippen LogP contribution >= 0.6 is 0 Å². The van der Waals surface area contributed by atoms with Gasteiger partial charge in [-0.3, -0.25) is 4.79 Å². The standard InChI is InChI=1S/C20H21N3O6/c1-25-13-6-7-15(16(10-13)26-2)23-11-14(21-22-23)19(24)12-8-17(27-3)20(29-5)18(9-12)28-4/h6-11H,1-5H3. The van der Waals surface area contributed by atoms with Gasteiger partial charge in [0.2, 0.25) is 11.5 Å². The Kier molecular flexibility index (Phi) is 5.87. The number of nitrogens with zero attached hydrogens (tertiary/aromatic N) is 3. The number of hydrogen-bond donors (Lipinski definition) is 0. The molecule has 0 saturated heterocycles. The van der Waals surface area contributed by atoms with E-state index in [4.69, 9.17) is 23.7 Å². The predicted octanol–water partition coefficient (Wildman–Crippen LogP) is 2.54. The van der Waals surface area contributed by atoms with Gasteiger partial charge >= 0.3 is 0 Å². The number of hydrogen-bond acceptors (Lipinski definition) is 8. The highest BCUT2D eigenvalue weighted by Gasteiger charge is 2.21. The van der Waals surface area contributed by atoms with Gasteiger partial charge in [0.15, 0.2) is 17.2 Å². The molecular weight excluding hydrogens is 378 g/mol. The van der Waals surface area contributed by atoms with Gasteiger partial charge in [0.25, 0.3) is 0 Å². The molecule has 0 aliphatic carbocycles. The monoisotopic (exact) mass is 399 g/mol. The molecule has 3 rings (SSSR count). The lowest BCUT2D eigenvalue weighted by molar-refractivity contribution is 0.103. The maximum absolute atomic E-state index is 13.0. The van der Waals surface area contributed by atoms with Gasteiger partial charge in [-0.25, -0.2) is 4.68 Å². The Balaban J connectivity index is 1.98. The molecule has 0 amide bonds. The van der Waals surface area contributed by atoms with Crippen LogP contribution in [0.25, 0.3) is 5.69 Å². The van der Waals surface area contributed by atoms with Crippen molar-refractivity contribution in [3.8, 4) is 34.4 Å². The Morgan fingerprint density at radius 3 is 2.03 bits per heavy atom. The number of rotatable bonds is 8. The molecular formula is C20H21N3O6. The van der Waals surface area contributed by atoms with Crippen molar-refractivity contribution in [2.75, 3.05) is 35.5 Å². The molecule has 3 aromatic rings. The number of ketones is 1. The minimum absolute atomic E-state index is 0.150. The molecule has 9 nitrogen and oxygen atoms in total. The summed E-state index contributed by atoms with van der Waals surface area (Å²) in [5, 5.41) is 8.06. The molecule has 0 N–H and O–H groups in total. The average molecular weight is 399 g/mol. The first-order valence-corrected chi connectivity index (χ1v) is 8.55. The maximum Gasteiger partial charge on any atom is 0.215 e. The van der Waals surface area contributed by atoms with E-state index < -0.39 is 0 Å². The molecule has 2 aromatic carbocycles. The lowest BCUT2D eigenvalue weighted by Gasteiger charge is -2.13. The molecule has 0 aliphatic rings. The van der Waals surface area contributed by atoms with Crippen LogP contribution in [0.1, 0.15) is 16.1 Å². The van der Waals surface area contributed by atoms with E-state index in [1.165, 1.54) is 39.3 Å². The van der Waals surface area contributed by atoms with Crippen molar-refractivity contribution in [2.24, 2.45) is 0 Å². The Morgan fingerprint density at radius 1 is 0.828 bits per heavy atom. The number of aromatic nitrogens is 3. The lowest BCUT2D eigenvalue weighted by Crippen LogP contribution is -2.04. The van der Waals surface area contributed by atoms with Crippen molar-refractivity contribution in [3.63, 3.8) is 0 Å². The van der Waals surface area contributed by atoms with Crippen LogP contribution in [0.5, 0.6) is 28.7 Å². The average Bonchev–Trinajstić information content (AvgIpc) is 3.26. The molecule has 1 aromatic heterocycles. The maximum atomic E-state index is 13.0. The van der Waals surface area contributed by atoms with E-state index in [1.807, 2.05) is 0 Å². The fraction of sp³-hybridized carbons (Fsp3) is 0.250. The van der Waals surface area contributed by atoms with Gasteiger partial charge in [-0.2, -0.15) is 0 Å². The summed E-state index contributed by atoms with van der Waals surface area (Å²) in [6, 6.07) is 8.38. The van der Waals surface area contributed by atoms with Crippen molar-refractivity contribution < 1.29 is 28.5 Å². The van der Waals surface area contributed by atoms with Crippen molar-refractivity contribution in [1.29, 1.82) is 0 Å². The van der Waals surface area contributed by atoms with E-state index in [0.717, 1.165) is 0 Å². The van der Waals surface area contributed by atoms with Gasteiger partial charge in [-0.1, -0.05) is 5.21 Å². The zero-order valence-electron chi connectivity index (χ0n) is 16.8. The van der Waals surface area contributed by atoms with Crippen LogP contribution in [0.3, 0.4) is 0 Å². The van der Waals surface area contributed by atoms with E-state index in [1.54, 1.807) is 37.4 Å². The summed E-state index contributed by atoms with van der Waals surface area (Å²) in [4.78, 5) is 13.0. The summed E-state index contributed by atoms with van der Waals surface area (Å²) in [7, 11) is 7.57. The minimum atomic E-state index is -0.344. The second kappa shape index (κ2) is 8.51. The first-order chi connectivity index (χ1) is 14.1. The van der Waals surface area contributed by atoms with Crippen LogP contribution in [0.15, 0.2) is 36.5 Å². The van der Waals surface area contributed by atoms with E-state index in [2.05, 4.69) is 10.3 Å². The topological polar surface area (TPSA) is 93.9 Å². The fourth-order valence-electron chi connectivity index (χ4n) is 2.82. The number of methoxy groups -OCH3 is 5. The summed E-state index contributed by atoms with van der Waals surface area (Å²) < 4.78 is 27.9. The summed E-state index contributed by atoms with van der Waals surface area (Å²) >= 11 is 0. The van der Waals surface area contributed by atoms with Crippen molar-refractivity contribution in [3.05, 3.63) is 47.8 Å². The van der Waals surface area contributed by atoms with E-state index in [0.29, 0.717) is 40.0 Å². The third-order valence-electron chi connectivity index (χ3n) is 4.29.